The molecule has 1 aliphatic carbocycles. The second-order valence-electron chi connectivity index (χ2n) is 6.19. The van der Waals surface area contributed by atoms with Crippen molar-refractivity contribution in [3.05, 3.63) is 34.9 Å². The van der Waals surface area contributed by atoms with Gasteiger partial charge in [0.15, 0.2) is 5.78 Å². The number of Topliss-reactive ketones (excluding diaryl/α,β-unsaturated/α-hetero) is 1. The highest BCUT2D eigenvalue weighted by atomic mass is 16.1. The van der Waals surface area contributed by atoms with Crippen LogP contribution in [0, 0.1) is 13.8 Å². The molecule has 0 atom stereocenters. The van der Waals surface area contributed by atoms with E-state index >= 15 is 0 Å². The van der Waals surface area contributed by atoms with Crippen molar-refractivity contribution in [2.75, 3.05) is 14.1 Å². The zero-order valence-corrected chi connectivity index (χ0v) is 12.6. The lowest BCUT2D eigenvalue weighted by molar-refractivity contribution is 0.0564. The van der Waals surface area contributed by atoms with Crippen molar-refractivity contribution < 1.29 is 4.79 Å². The molecule has 1 aromatic rings. The zero-order chi connectivity index (χ0) is 14.0. The van der Waals surface area contributed by atoms with Crippen molar-refractivity contribution in [2.24, 2.45) is 0 Å². The van der Waals surface area contributed by atoms with Crippen molar-refractivity contribution >= 4 is 5.78 Å². The van der Waals surface area contributed by atoms with Gasteiger partial charge >= 0.3 is 0 Å². The Morgan fingerprint density at radius 1 is 1.00 bits per heavy atom. The SMILES string of the molecule is Cc1cc(C)cc(C(=O)C2(N(C)C)CCCCC2)c1. The summed E-state index contributed by atoms with van der Waals surface area (Å²) in [5.74, 6) is 0.309. The van der Waals surface area contributed by atoms with Crippen molar-refractivity contribution in [3.8, 4) is 0 Å². The Morgan fingerprint density at radius 3 is 2.00 bits per heavy atom. The molecule has 0 radical (unpaired) electrons. The highest BCUT2D eigenvalue weighted by Crippen LogP contribution is 2.35. The van der Waals surface area contributed by atoms with E-state index in [9.17, 15) is 4.79 Å². The van der Waals surface area contributed by atoms with Crippen LogP contribution in [0.4, 0.5) is 0 Å². The number of carbonyl (C=O) groups is 1. The lowest BCUT2D eigenvalue weighted by Gasteiger charge is -2.41. The number of aryl methyl sites for hydroxylation is 2. The average Bonchev–Trinajstić information content (AvgIpc) is 2.37. The van der Waals surface area contributed by atoms with Crippen LogP contribution in [0.25, 0.3) is 0 Å². The molecular weight excluding hydrogens is 234 g/mol. The minimum atomic E-state index is -0.279. The van der Waals surface area contributed by atoms with Gasteiger partial charge in [-0.3, -0.25) is 9.69 Å². The summed E-state index contributed by atoms with van der Waals surface area (Å²) in [6, 6.07) is 6.20. The fourth-order valence-electron chi connectivity index (χ4n) is 3.39. The molecule has 0 heterocycles. The predicted octanol–water partition coefficient (Wildman–Crippen LogP) is 3.75. The van der Waals surface area contributed by atoms with Crippen LogP contribution >= 0.6 is 0 Å². The van der Waals surface area contributed by atoms with Crippen LogP contribution in [0.3, 0.4) is 0 Å². The van der Waals surface area contributed by atoms with Crippen molar-refractivity contribution in [3.63, 3.8) is 0 Å². The van der Waals surface area contributed by atoms with Gasteiger partial charge in [0.1, 0.15) is 0 Å². The summed E-state index contributed by atoms with van der Waals surface area (Å²) in [6.07, 6.45) is 5.57. The third-order valence-corrected chi connectivity index (χ3v) is 4.44. The first-order valence-electron chi connectivity index (χ1n) is 7.26. The summed E-state index contributed by atoms with van der Waals surface area (Å²) in [6.45, 7) is 4.12. The van der Waals surface area contributed by atoms with E-state index in [1.165, 1.54) is 17.5 Å². The topological polar surface area (TPSA) is 20.3 Å². The fourth-order valence-corrected chi connectivity index (χ4v) is 3.39. The number of rotatable bonds is 3. The van der Waals surface area contributed by atoms with Crippen LogP contribution in [0.15, 0.2) is 18.2 Å². The van der Waals surface area contributed by atoms with E-state index < -0.39 is 0 Å². The maximum atomic E-state index is 13.0. The molecule has 0 amide bonds. The minimum Gasteiger partial charge on any atom is -0.297 e. The first kappa shape index (κ1) is 14.3. The van der Waals surface area contributed by atoms with Gasteiger partial charge in [0.25, 0.3) is 0 Å². The Bertz CT molecular complexity index is 450. The van der Waals surface area contributed by atoms with Gasteiger partial charge in [-0.05, 0) is 52.9 Å². The molecular formula is C17H25NO. The van der Waals surface area contributed by atoms with E-state index in [0.717, 1.165) is 31.2 Å². The number of benzene rings is 1. The van der Waals surface area contributed by atoms with Gasteiger partial charge in [-0.25, -0.2) is 0 Å². The Labute approximate surface area is 116 Å². The number of ketones is 1. The first-order valence-corrected chi connectivity index (χ1v) is 7.26. The Hall–Kier alpha value is -1.15. The summed E-state index contributed by atoms with van der Waals surface area (Å²) < 4.78 is 0. The molecule has 1 aliphatic rings. The second kappa shape index (κ2) is 5.46. The van der Waals surface area contributed by atoms with Gasteiger partial charge in [0.2, 0.25) is 0 Å². The highest BCUT2D eigenvalue weighted by molar-refractivity contribution is 6.03. The van der Waals surface area contributed by atoms with E-state index in [4.69, 9.17) is 0 Å². The maximum Gasteiger partial charge on any atom is 0.183 e. The molecule has 0 saturated heterocycles. The van der Waals surface area contributed by atoms with E-state index in [1.807, 2.05) is 26.2 Å². The first-order chi connectivity index (χ1) is 8.95. The van der Waals surface area contributed by atoms with Gasteiger partial charge in [-0.2, -0.15) is 0 Å². The Balaban J connectivity index is 2.39. The fraction of sp³-hybridized carbons (Fsp3) is 0.588. The molecule has 0 bridgehead atoms. The summed E-state index contributed by atoms with van der Waals surface area (Å²) in [5.41, 5.74) is 2.95. The van der Waals surface area contributed by atoms with Gasteiger partial charge in [0, 0.05) is 5.56 Å². The van der Waals surface area contributed by atoms with Crippen LogP contribution in [-0.4, -0.2) is 30.3 Å². The molecule has 2 nitrogen and oxygen atoms in total. The molecule has 1 saturated carbocycles. The van der Waals surface area contributed by atoms with Crippen molar-refractivity contribution in [1.29, 1.82) is 0 Å². The number of nitrogens with zero attached hydrogens (tertiary/aromatic N) is 1. The third-order valence-electron chi connectivity index (χ3n) is 4.44. The third kappa shape index (κ3) is 2.74. The Morgan fingerprint density at radius 2 is 1.53 bits per heavy atom. The van der Waals surface area contributed by atoms with Crippen LogP contribution in [0.1, 0.15) is 53.6 Å². The maximum absolute atomic E-state index is 13.0. The smallest absolute Gasteiger partial charge is 0.183 e. The highest BCUT2D eigenvalue weighted by Gasteiger charge is 2.41. The number of carbonyl (C=O) groups excluding carboxylic acids is 1. The molecule has 2 heteroatoms. The summed E-state index contributed by atoms with van der Waals surface area (Å²) in [7, 11) is 4.09. The van der Waals surface area contributed by atoms with Crippen molar-refractivity contribution in [1.82, 2.24) is 4.90 Å². The number of hydrogen-bond donors (Lipinski definition) is 0. The van der Waals surface area contributed by atoms with Crippen molar-refractivity contribution in [2.45, 2.75) is 51.5 Å². The molecule has 0 aliphatic heterocycles. The molecule has 0 unspecified atom stereocenters. The Kier molecular flexibility index (Phi) is 4.10. The normalized spacial score (nSPS) is 18.6. The number of likely N-dealkylation sites (N-methyl/N-ethyl adjacent to an activating group) is 1. The van der Waals surface area contributed by atoms with Crippen LogP contribution in [-0.2, 0) is 0 Å². The molecule has 0 N–H and O–H groups in total. The van der Waals surface area contributed by atoms with E-state index in [0.29, 0.717) is 5.78 Å². The molecule has 1 aromatic carbocycles. The van der Waals surface area contributed by atoms with Gasteiger partial charge in [0.05, 0.1) is 5.54 Å². The van der Waals surface area contributed by atoms with E-state index in [-0.39, 0.29) is 5.54 Å². The van der Waals surface area contributed by atoms with Gasteiger partial charge < -0.3 is 0 Å². The zero-order valence-electron chi connectivity index (χ0n) is 12.6. The molecule has 0 aromatic heterocycles. The largest absolute Gasteiger partial charge is 0.297 e. The van der Waals surface area contributed by atoms with Gasteiger partial charge in [-0.15, -0.1) is 0 Å². The standard InChI is InChI=1S/C17H25NO/c1-13-10-14(2)12-15(11-13)16(19)17(18(3)4)8-6-5-7-9-17/h10-12H,5-9H2,1-4H3. The second-order valence-corrected chi connectivity index (χ2v) is 6.19. The van der Waals surface area contributed by atoms with Crippen LogP contribution in [0.5, 0.6) is 0 Å². The molecule has 0 spiro atoms. The van der Waals surface area contributed by atoms with Crippen LogP contribution in [0.2, 0.25) is 0 Å². The number of hydrogen-bond acceptors (Lipinski definition) is 2. The molecule has 1 fully saturated rings. The monoisotopic (exact) mass is 259 g/mol. The molecule has 2 rings (SSSR count). The van der Waals surface area contributed by atoms with E-state index in [1.54, 1.807) is 0 Å². The van der Waals surface area contributed by atoms with Crippen LogP contribution < -0.4 is 0 Å². The average molecular weight is 259 g/mol. The lowest BCUT2D eigenvalue weighted by Crippen LogP contribution is -2.52. The summed E-state index contributed by atoms with van der Waals surface area (Å²) >= 11 is 0. The molecule has 104 valence electrons. The summed E-state index contributed by atoms with van der Waals surface area (Å²) in [5, 5.41) is 0. The predicted molar refractivity (Wildman–Crippen MR) is 79.7 cm³/mol. The molecule has 19 heavy (non-hydrogen) atoms. The lowest BCUT2D eigenvalue weighted by atomic mass is 9.75. The van der Waals surface area contributed by atoms with E-state index in [2.05, 4.69) is 24.8 Å². The van der Waals surface area contributed by atoms with Gasteiger partial charge in [-0.1, -0.05) is 36.5 Å². The minimum absolute atomic E-state index is 0.279. The summed E-state index contributed by atoms with van der Waals surface area (Å²) in [4.78, 5) is 15.2. The quantitative estimate of drug-likeness (QED) is 0.771.